The molecule has 178 valence electrons. The van der Waals surface area contributed by atoms with Gasteiger partial charge in [0.15, 0.2) is 6.29 Å². The molecule has 3 aromatic heterocycles. The fourth-order valence-electron chi connectivity index (χ4n) is 3.87. The van der Waals surface area contributed by atoms with Crippen molar-refractivity contribution in [2.24, 2.45) is 0 Å². The highest BCUT2D eigenvalue weighted by molar-refractivity contribution is 8.00. The van der Waals surface area contributed by atoms with Crippen molar-refractivity contribution in [2.45, 2.75) is 36.6 Å². The molecule has 1 amide bonds. The second kappa shape index (κ2) is 10.2. The normalized spacial score (nSPS) is 20.1. The molecule has 5 rings (SSSR count). The van der Waals surface area contributed by atoms with Crippen molar-refractivity contribution >= 4 is 34.5 Å². The van der Waals surface area contributed by atoms with Crippen LogP contribution in [-0.4, -0.2) is 59.3 Å². The standard InChI is InChI=1S/C23H24FN5O4S/c1-31-20-6-4-17-22(29-20)15(16(24)9-26-17)3-7-21-32-10-14(11-33-21)25-8-13-2-5-18-23(27-13)28-19(30)12-34-18/h2,4-6,9,14,21,25H,3,7-8,10-12H2,1H3,(H,27,28,30)/t14-,21-. The van der Waals surface area contributed by atoms with Crippen LogP contribution >= 0.6 is 11.8 Å². The zero-order valence-electron chi connectivity index (χ0n) is 18.5. The molecule has 0 radical (unpaired) electrons. The van der Waals surface area contributed by atoms with Gasteiger partial charge in [-0.15, -0.1) is 11.8 Å². The zero-order chi connectivity index (χ0) is 23.5. The van der Waals surface area contributed by atoms with Gasteiger partial charge in [0.2, 0.25) is 11.8 Å². The van der Waals surface area contributed by atoms with Crippen LogP contribution in [0.2, 0.25) is 0 Å². The summed E-state index contributed by atoms with van der Waals surface area (Å²) in [5, 5.41) is 6.17. The molecule has 0 bridgehead atoms. The number of nitrogens with one attached hydrogen (secondary N) is 2. The van der Waals surface area contributed by atoms with Crippen LogP contribution in [0.1, 0.15) is 17.7 Å². The van der Waals surface area contributed by atoms with Crippen LogP contribution < -0.4 is 15.4 Å². The van der Waals surface area contributed by atoms with E-state index in [0.29, 0.717) is 66.6 Å². The Balaban J connectivity index is 1.13. The van der Waals surface area contributed by atoms with E-state index in [0.717, 1.165) is 10.6 Å². The Kier molecular flexibility index (Phi) is 6.86. The van der Waals surface area contributed by atoms with Gasteiger partial charge in [-0.25, -0.2) is 14.4 Å². The number of amides is 1. The van der Waals surface area contributed by atoms with Crippen LogP contribution in [0.25, 0.3) is 11.0 Å². The number of carbonyl (C=O) groups excluding carboxylic acids is 1. The quantitative estimate of drug-likeness (QED) is 0.522. The monoisotopic (exact) mass is 485 g/mol. The molecular formula is C23H24FN5O4S. The lowest BCUT2D eigenvalue weighted by Crippen LogP contribution is -2.44. The third-order valence-electron chi connectivity index (χ3n) is 5.65. The average molecular weight is 486 g/mol. The Morgan fingerprint density at radius 1 is 1.24 bits per heavy atom. The minimum absolute atomic E-state index is 0.00229. The second-order valence-corrected chi connectivity index (χ2v) is 9.02. The van der Waals surface area contributed by atoms with Crippen molar-refractivity contribution in [2.75, 3.05) is 31.4 Å². The van der Waals surface area contributed by atoms with Gasteiger partial charge >= 0.3 is 0 Å². The number of carbonyl (C=O) groups is 1. The molecule has 2 aliphatic rings. The number of anilines is 1. The molecule has 0 unspecified atom stereocenters. The van der Waals surface area contributed by atoms with Gasteiger partial charge in [0.25, 0.3) is 0 Å². The van der Waals surface area contributed by atoms with E-state index < -0.39 is 12.1 Å². The summed E-state index contributed by atoms with van der Waals surface area (Å²) in [7, 11) is 1.52. The number of pyridine rings is 3. The number of ether oxygens (including phenoxy) is 3. The van der Waals surface area contributed by atoms with Gasteiger partial charge in [-0.2, -0.15) is 0 Å². The van der Waals surface area contributed by atoms with Crippen LogP contribution in [0.3, 0.4) is 0 Å². The largest absolute Gasteiger partial charge is 0.481 e. The fourth-order valence-corrected chi connectivity index (χ4v) is 4.63. The topological polar surface area (TPSA) is 107 Å². The average Bonchev–Trinajstić information content (AvgIpc) is 2.87. The third-order valence-corrected chi connectivity index (χ3v) is 6.70. The van der Waals surface area contributed by atoms with Crippen molar-refractivity contribution in [1.82, 2.24) is 20.3 Å². The first kappa shape index (κ1) is 22.9. The zero-order valence-corrected chi connectivity index (χ0v) is 19.4. The third kappa shape index (κ3) is 5.12. The highest BCUT2D eigenvalue weighted by Gasteiger charge is 2.23. The van der Waals surface area contributed by atoms with Crippen molar-refractivity contribution in [3.63, 3.8) is 0 Å². The minimum Gasteiger partial charge on any atom is -0.481 e. The number of hydrogen-bond acceptors (Lipinski definition) is 9. The summed E-state index contributed by atoms with van der Waals surface area (Å²) in [5.41, 5.74) is 2.40. The number of nitrogens with zero attached hydrogens (tertiary/aromatic N) is 3. The molecule has 0 atom stereocenters. The van der Waals surface area contributed by atoms with Gasteiger partial charge in [0.1, 0.15) is 11.6 Å². The first-order valence-electron chi connectivity index (χ1n) is 11.0. The lowest BCUT2D eigenvalue weighted by atomic mass is 10.1. The van der Waals surface area contributed by atoms with Crippen molar-refractivity contribution in [3.05, 3.63) is 47.5 Å². The maximum Gasteiger partial charge on any atom is 0.235 e. The summed E-state index contributed by atoms with van der Waals surface area (Å²) >= 11 is 1.49. The van der Waals surface area contributed by atoms with Gasteiger partial charge in [-0.05, 0) is 24.6 Å². The van der Waals surface area contributed by atoms with Crippen molar-refractivity contribution < 1.29 is 23.4 Å². The summed E-state index contributed by atoms with van der Waals surface area (Å²) in [6.45, 7) is 1.46. The summed E-state index contributed by atoms with van der Waals surface area (Å²) in [5.74, 6) is 0.994. The van der Waals surface area contributed by atoms with Gasteiger partial charge in [-0.3, -0.25) is 9.78 Å². The number of thioether (sulfide) groups is 1. The van der Waals surface area contributed by atoms with E-state index in [1.54, 1.807) is 12.1 Å². The lowest BCUT2D eigenvalue weighted by molar-refractivity contribution is -0.192. The molecule has 2 aliphatic heterocycles. The molecular weight excluding hydrogens is 461 g/mol. The second-order valence-electron chi connectivity index (χ2n) is 8.00. The Morgan fingerprint density at radius 2 is 2.09 bits per heavy atom. The number of halogens is 1. The molecule has 34 heavy (non-hydrogen) atoms. The van der Waals surface area contributed by atoms with E-state index in [1.807, 2.05) is 12.1 Å². The summed E-state index contributed by atoms with van der Waals surface area (Å²) in [6, 6.07) is 7.38. The van der Waals surface area contributed by atoms with Crippen LogP contribution in [0.4, 0.5) is 10.2 Å². The van der Waals surface area contributed by atoms with Crippen LogP contribution in [0.15, 0.2) is 35.4 Å². The molecule has 0 saturated carbocycles. The highest BCUT2D eigenvalue weighted by atomic mass is 32.2. The molecule has 9 nitrogen and oxygen atoms in total. The fraction of sp³-hybridized carbons (Fsp3) is 0.391. The highest BCUT2D eigenvalue weighted by Crippen LogP contribution is 2.29. The lowest BCUT2D eigenvalue weighted by Gasteiger charge is -2.30. The number of methoxy groups -OCH3 is 1. The first-order valence-corrected chi connectivity index (χ1v) is 11.9. The molecule has 1 fully saturated rings. The van der Waals surface area contributed by atoms with Crippen LogP contribution in [-0.2, 0) is 27.2 Å². The summed E-state index contributed by atoms with van der Waals surface area (Å²) in [6.07, 6.45) is 1.68. The Morgan fingerprint density at radius 3 is 2.91 bits per heavy atom. The van der Waals surface area contributed by atoms with E-state index >= 15 is 0 Å². The van der Waals surface area contributed by atoms with Crippen LogP contribution in [0.5, 0.6) is 5.88 Å². The summed E-state index contributed by atoms with van der Waals surface area (Å²) < 4.78 is 31.4. The van der Waals surface area contributed by atoms with Crippen LogP contribution in [0, 0.1) is 5.82 Å². The van der Waals surface area contributed by atoms with Gasteiger partial charge in [0.05, 0.1) is 59.9 Å². The van der Waals surface area contributed by atoms with E-state index in [2.05, 4.69) is 25.6 Å². The smallest absolute Gasteiger partial charge is 0.235 e. The van der Waals surface area contributed by atoms with Crippen molar-refractivity contribution in [3.8, 4) is 5.88 Å². The predicted molar refractivity (Wildman–Crippen MR) is 124 cm³/mol. The number of fused-ring (bicyclic) bond motifs is 2. The van der Waals surface area contributed by atoms with Gasteiger partial charge < -0.3 is 24.8 Å². The number of rotatable bonds is 7. The minimum atomic E-state index is -0.430. The van der Waals surface area contributed by atoms with E-state index in [4.69, 9.17) is 14.2 Å². The van der Waals surface area contributed by atoms with Crippen molar-refractivity contribution in [1.29, 1.82) is 0 Å². The van der Waals surface area contributed by atoms with E-state index in [9.17, 15) is 9.18 Å². The Hall–Kier alpha value is -2.86. The molecule has 11 heteroatoms. The number of hydrogen-bond donors (Lipinski definition) is 2. The number of aryl methyl sites for hydroxylation is 1. The maximum absolute atomic E-state index is 14.5. The predicted octanol–water partition coefficient (Wildman–Crippen LogP) is 2.68. The first-order chi connectivity index (χ1) is 16.6. The molecule has 5 heterocycles. The van der Waals surface area contributed by atoms with Gasteiger partial charge in [0, 0.05) is 24.6 Å². The molecule has 0 aromatic carbocycles. The molecule has 2 N–H and O–H groups in total. The molecule has 0 spiro atoms. The van der Waals surface area contributed by atoms with E-state index in [1.165, 1.54) is 25.1 Å². The molecule has 3 aromatic rings. The maximum atomic E-state index is 14.5. The van der Waals surface area contributed by atoms with E-state index in [-0.39, 0.29) is 11.9 Å². The molecule has 0 aliphatic carbocycles. The summed E-state index contributed by atoms with van der Waals surface area (Å²) in [4.78, 5) is 25.5. The Bertz CT molecular complexity index is 1210. The van der Waals surface area contributed by atoms with Gasteiger partial charge in [-0.1, -0.05) is 0 Å². The number of aromatic nitrogens is 3. The molecule has 1 saturated heterocycles. The SMILES string of the molecule is COc1ccc2ncc(F)c(CC[C@H]3OC[C@H](NCc4ccc5c(n4)NC(=O)CS5)CO3)c2n1. The Labute approximate surface area is 199 Å².